The minimum Gasteiger partial charge on any atom is -0.338 e. The summed E-state index contributed by atoms with van der Waals surface area (Å²) < 4.78 is 39.6. The van der Waals surface area contributed by atoms with E-state index in [-0.39, 0.29) is 18.0 Å². The van der Waals surface area contributed by atoms with Crippen molar-refractivity contribution in [2.45, 2.75) is 6.42 Å². The maximum atomic E-state index is 13.6. The molecule has 2 aromatic carbocycles. The van der Waals surface area contributed by atoms with Gasteiger partial charge in [-0.3, -0.25) is 4.79 Å². The SMILES string of the molecule is O=C(Cc1cccc(F)c1)Nc1ccc(Nc2ccc(F)cc2F)nc1. The van der Waals surface area contributed by atoms with Gasteiger partial charge in [-0.1, -0.05) is 12.1 Å². The quantitative estimate of drug-likeness (QED) is 0.711. The van der Waals surface area contributed by atoms with E-state index in [1.807, 2.05) is 0 Å². The van der Waals surface area contributed by atoms with Crippen molar-refractivity contribution in [3.05, 3.63) is 83.8 Å². The summed E-state index contributed by atoms with van der Waals surface area (Å²) in [5.74, 6) is -1.79. The van der Waals surface area contributed by atoms with E-state index >= 15 is 0 Å². The molecule has 0 bridgehead atoms. The Hall–Kier alpha value is -3.35. The largest absolute Gasteiger partial charge is 0.338 e. The van der Waals surface area contributed by atoms with Gasteiger partial charge >= 0.3 is 0 Å². The molecule has 0 aliphatic carbocycles. The number of benzene rings is 2. The molecule has 0 spiro atoms. The van der Waals surface area contributed by atoms with E-state index in [2.05, 4.69) is 15.6 Å². The molecular formula is C19H14F3N3O. The summed E-state index contributed by atoms with van der Waals surface area (Å²) in [4.78, 5) is 16.0. The average Bonchev–Trinajstić information content (AvgIpc) is 2.59. The van der Waals surface area contributed by atoms with E-state index in [0.29, 0.717) is 17.1 Å². The van der Waals surface area contributed by atoms with Crippen molar-refractivity contribution in [1.29, 1.82) is 0 Å². The van der Waals surface area contributed by atoms with E-state index in [0.717, 1.165) is 12.1 Å². The third-order valence-electron chi connectivity index (χ3n) is 3.49. The number of nitrogens with zero attached hydrogens (tertiary/aromatic N) is 1. The minimum absolute atomic E-state index is 0.0263. The van der Waals surface area contributed by atoms with Crippen LogP contribution >= 0.6 is 0 Å². The highest BCUT2D eigenvalue weighted by molar-refractivity contribution is 5.92. The van der Waals surface area contributed by atoms with Crippen LogP contribution in [0.2, 0.25) is 0 Å². The Morgan fingerprint density at radius 3 is 2.46 bits per heavy atom. The standard InChI is InChI=1S/C19H14F3N3O/c20-13-3-1-2-12(8-13)9-19(26)24-15-5-7-18(23-11-15)25-17-6-4-14(21)10-16(17)22/h1-8,10-11H,9H2,(H,23,25)(H,24,26). The van der Waals surface area contributed by atoms with Crippen LogP contribution in [0.25, 0.3) is 0 Å². The first kappa shape index (κ1) is 17.5. The Labute approximate surface area is 147 Å². The molecule has 1 amide bonds. The number of hydrogen-bond donors (Lipinski definition) is 2. The number of nitrogens with one attached hydrogen (secondary N) is 2. The van der Waals surface area contributed by atoms with Crippen LogP contribution in [0.15, 0.2) is 60.8 Å². The first-order valence-corrected chi connectivity index (χ1v) is 7.72. The molecule has 0 unspecified atom stereocenters. The van der Waals surface area contributed by atoms with E-state index in [9.17, 15) is 18.0 Å². The van der Waals surface area contributed by atoms with Gasteiger partial charge in [-0.05, 0) is 42.0 Å². The van der Waals surface area contributed by atoms with Gasteiger partial charge in [0.15, 0.2) is 0 Å². The lowest BCUT2D eigenvalue weighted by molar-refractivity contribution is -0.115. The van der Waals surface area contributed by atoms with Crippen molar-refractivity contribution in [2.24, 2.45) is 0 Å². The lowest BCUT2D eigenvalue weighted by Gasteiger charge is -2.09. The number of anilines is 3. The predicted octanol–water partition coefficient (Wildman–Crippen LogP) is 4.42. The van der Waals surface area contributed by atoms with Crippen LogP contribution in [0.5, 0.6) is 0 Å². The van der Waals surface area contributed by atoms with E-state index in [1.165, 1.54) is 30.5 Å². The number of pyridine rings is 1. The fourth-order valence-corrected chi connectivity index (χ4v) is 2.31. The maximum absolute atomic E-state index is 13.6. The molecule has 0 fully saturated rings. The zero-order valence-electron chi connectivity index (χ0n) is 13.5. The summed E-state index contributed by atoms with van der Waals surface area (Å²) >= 11 is 0. The lowest BCUT2D eigenvalue weighted by Crippen LogP contribution is -2.14. The van der Waals surface area contributed by atoms with Gasteiger partial charge in [0.2, 0.25) is 5.91 Å². The molecule has 0 saturated carbocycles. The third-order valence-corrected chi connectivity index (χ3v) is 3.49. The molecule has 0 radical (unpaired) electrons. The highest BCUT2D eigenvalue weighted by Gasteiger charge is 2.07. The molecule has 3 aromatic rings. The third kappa shape index (κ3) is 4.60. The Morgan fingerprint density at radius 2 is 1.77 bits per heavy atom. The van der Waals surface area contributed by atoms with Crippen molar-refractivity contribution >= 4 is 23.1 Å². The molecule has 3 rings (SSSR count). The second kappa shape index (κ2) is 7.69. The average molecular weight is 357 g/mol. The summed E-state index contributed by atoms with van der Waals surface area (Å²) in [6, 6.07) is 12.1. The van der Waals surface area contributed by atoms with Crippen molar-refractivity contribution in [3.8, 4) is 0 Å². The number of carbonyl (C=O) groups is 1. The Bertz CT molecular complexity index is 930. The zero-order chi connectivity index (χ0) is 18.5. The second-order valence-corrected chi connectivity index (χ2v) is 5.54. The fraction of sp³-hybridized carbons (Fsp3) is 0.0526. The topological polar surface area (TPSA) is 54.0 Å². The zero-order valence-corrected chi connectivity index (χ0v) is 13.5. The van der Waals surface area contributed by atoms with Crippen molar-refractivity contribution in [2.75, 3.05) is 10.6 Å². The van der Waals surface area contributed by atoms with Gasteiger partial charge in [0.25, 0.3) is 0 Å². The van der Waals surface area contributed by atoms with Gasteiger partial charge in [0, 0.05) is 6.07 Å². The molecule has 1 heterocycles. The van der Waals surface area contributed by atoms with E-state index in [1.54, 1.807) is 18.2 Å². The van der Waals surface area contributed by atoms with Crippen LogP contribution in [0.3, 0.4) is 0 Å². The van der Waals surface area contributed by atoms with Crippen LogP contribution in [0.4, 0.5) is 30.4 Å². The van der Waals surface area contributed by atoms with Gasteiger partial charge in [-0.2, -0.15) is 0 Å². The van der Waals surface area contributed by atoms with Gasteiger partial charge in [0.1, 0.15) is 23.3 Å². The molecule has 132 valence electrons. The van der Waals surface area contributed by atoms with Gasteiger partial charge < -0.3 is 10.6 Å². The minimum atomic E-state index is -0.737. The highest BCUT2D eigenvalue weighted by Crippen LogP contribution is 2.20. The number of rotatable bonds is 5. The first-order chi connectivity index (χ1) is 12.5. The van der Waals surface area contributed by atoms with Crippen LogP contribution in [-0.4, -0.2) is 10.9 Å². The molecule has 4 nitrogen and oxygen atoms in total. The first-order valence-electron chi connectivity index (χ1n) is 7.72. The Balaban J connectivity index is 1.61. The summed E-state index contributed by atoms with van der Waals surface area (Å²) in [5.41, 5.74) is 1.08. The van der Waals surface area contributed by atoms with Crippen LogP contribution in [-0.2, 0) is 11.2 Å². The summed E-state index contributed by atoms with van der Waals surface area (Å²) in [5, 5.41) is 5.36. The number of amides is 1. The van der Waals surface area contributed by atoms with Crippen LogP contribution < -0.4 is 10.6 Å². The van der Waals surface area contributed by atoms with E-state index in [4.69, 9.17) is 0 Å². The van der Waals surface area contributed by atoms with Crippen LogP contribution in [0.1, 0.15) is 5.56 Å². The number of carbonyl (C=O) groups excluding carboxylic acids is 1. The van der Waals surface area contributed by atoms with E-state index < -0.39 is 17.5 Å². The Kier molecular flexibility index (Phi) is 5.17. The van der Waals surface area contributed by atoms with Crippen molar-refractivity contribution < 1.29 is 18.0 Å². The molecule has 0 atom stereocenters. The van der Waals surface area contributed by atoms with Crippen LogP contribution in [0, 0.1) is 17.5 Å². The van der Waals surface area contributed by atoms with Gasteiger partial charge in [-0.25, -0.2) is 18.2 Å². The lowest BCUT2D eigenvalue weighted by atomic mass is 10.1. The monoisotopic (exact) mass is 357 g/mol. The molecule has 7 heteroatoms. The molecule has 0 aliphatic rings. The normalized spacial score (nSPS) is 10.4. The van der Waals surface area contributed by atoms with Crippen molar-refractivity contribution in [1.82, 2.24) is 4.98 Å². The molecule has 0 saturated heterocycles. The predicted molar refractivity (Wildman–Crippen MR) is 92.6 cm³/mol. The molecule has 2 N–H and O–H groups in total. The van der Waals surface area contributed by atoms with Gasteiger partial charge in [0.05, 0.1) is 24.0 Å². The second-order valence-electron chi connectivity index (χ2n) is 5.54. The number of aromatic nitrogens is 1. The van der Waals surface area contributed by atoms with Crippen molar-refractivity contribution in [3.63, 3.8) is 0 Å². The molecule has 0 aliphatic heterocycles. The molecular weight excluding hydrogens is 343 g/mol. The Morgan fingerprint density at radius 1 is 0.962 bits per heavy atom. The van der Waals surface area contributed by atoms with Gasteiger partial charge in [-0.15, -0.1) is 0 Å². The number of hydrogen-bond acceptors (Lipinski definition) is 3. The summed E-state index contributed by atoms with van der Waals surface area (Å²) in [7, 11) is 0. The maximum Gasteiger partial charge on any atom is 0.228 e. The highest BCUT2D eigenvalue weighted by atomic mass is 19.1. The smallest absolute Gasteiger partial charge is 0.228 e. The summed E-state index contributed by atoms with van der Waals surface area (Å²) in [6.45, 7) is 0. The number of halogens is 3. The molecule has 1 aromatic heterocycles. The fourth-order valence-electron chi connectivity index (χ4n) is 2.31. The summed E-state index contributed by atoms with van der Waals surface area (Å²) in [6.07, 6.45) is 1.42. The molecule has 26 heavy (non-hydrogen) atoms.